The minimum atomic E-state index is -0.105. The van der Waals surface area contributed by atoms with Crippen LogP contribution in [0.5, 0.6) is 5.75 Å². The van der Waals surface area contributed by atoms with E-state index in [0.29, 0.717) is 0 Å². The van der Waals surface area contributed by atoms with Gasteiger partial charge in [-0.05, 0) is 29.2 Å². The first-order valence-corrected chi connectivity index (χ1v) is 10.1. The molecular formula is C26H36O2. The van der Waals surface area contributed by atoms with Crippen molar-refractivity contribution in [1.29, 1.82) is 0 Å². The second-order valence-electron chi connectivity index (χ2n) is 10.0. The van der Waals surface area contributed by atoms with Crippen LogP contribution in [0.25, 0.3) is 5.57 Å². The molecule has 0 fully saturated rings. The van der Waals surface area contributed by atoms with Gasteiger partial charge in [0.05, 0.1) is 0 Å². The molecule has 0 aromatic heterocycles. The van der Waals surface area contributed by atoms with Crippen LogP contribution >= 0.6 is 0 Å². The molecule has 0 unspecified atom stereocenters. The lowest BCUT2D eigenvalue weighted by Gasteiger charge is -2.30. The van der Waals surface area contributed by atoms with Crippen molar-refractivity contribution in [1.82, 2.24) is 0 Å². The van der Waals surface area contributed by atoms with Crippen LogP contribution in [-0.4, -0.2) is 5.11 Å². The van der Waals surface area contributed by atoms with Gasteiger partial charge in [-0.25, -0.2) is 0 Å². The summed E-state index contributed by atoms with van der Waals surface area (Å²) in [6.07, 6.45) is 0. The third kappa shape index (κ3) is 4.98. The molecule has 0 spiro atoms. The highest BCUT2D eigenvalue weighted by Gasteiger charge is 2.29. The van der Waals surface area contributed by atoms with Gasteiger partial charge in [0, 0.05) is 16.7 Å². The van der Waals surface area contributed by atoms with Crippen LogP contribution in [0.15, 0.2) is 48.4 Å². The first-order chi connectivity index (χ1) is 12.8. The number of aliphatic hydroxyl groups is 1. The fraction of sp³-hybridized carbons (Fsp3) is 0.462. The number of benzene rings is 2. The van der Waals surface area contributed by atoms with E-state index >= 15 is 0 Å². The highest BCUT2D eigenvalue weighted by atomic mass is 16.6. The highest BCUT2D eigenvalue weighted by molar-refractivity contribution is 5.68. The van der Waals surface area contributed by atoms with E-state index in [0.717, 1.165) is 28.0 Å². The molecule has 0 saturated heterocycles. The van der Waals surface area contributed by atoms with Gasteiger partial charge in [0.15, 0.2) is 0 Å². The smallest absolute Gasteiger partial charge is 0.286 e. The van der Waals surface area contributed by atoms with Gasteiger partial charge in [-0.1, -0.05) is 103 Å². The average Bonchev–Trinajstić information content (AvgIpc) is 2.55. The van der Waals surface area contributed by atoms with E-state index in [1.54, 1.807) is 0 Å². The highest BCUT2D eigenvalue weighted by Crippen LogP contribution is 2.42. The minimum Gasteiger partial charge on any atom is -0.480 e. The Bertz CT molecular complexity index is 809. The Balaban J connectivity index is 2.73. The molecule has 152 valence electrons. The number of aliphatic hydroxyl groups excluding tert-OH is 1. The third-order valence-corrected chi connectivity index (χ3v) is 4.94. The first kappa shape index (κ1) is 22.1. The van der Waals surface area contributed by atoms with Crippen LogP contribution < -0.4 is 4.74 Å². The second kappa shape index (κ2) is 8.03. The van der Waals surface area contributed by atoms with Crippen LogP contribution in [0.1, 0.15) is 77.6 Å². The van der Waals surface area contributed by atoms with Gasteiger partial charge in [0.1, 0.15) is 5.75 Å². The lowest BCUT2D eigenvalue weighted by molar-refractivity contribution is 0.203. The van der Waals surface area contributed by atoms with Crippen LogP contribution in [0.4, 0.5) is 0 Å². The molecule has 28 heavy (non-hydrogen) atoms. The molecule has 2 rings (SSSR count). The molecule has 0 aliphatic carbocycles. The van der Waals surface area contributed by atoms with Crippen LogP contribution in [0.3, 0.4) is 0 Å². The van der Waals surface area contributed by atoms with E-state index in [9.17, 15) is 5.11 Å². The van der Waals surface area contributed by atoms with Gasteiger partial charge in [-0.15, -0.1) is 0 Å². The minimum absolute atomic E-state index is 0.0129. The molecule has 0 aliphatic rings. The Morgan fingerprint density at radius 3 is 1.71 bits per heavy atom. The fourth-order valence-corrected chi connectivity index (χ4v) is 3.47. The number of hydrogen-bond acceptors (Lipinski definition) is 2. The van der Waals surface area contributed by atoms with Crippen molar-refractivity contribution in [3.05, 3.63) is 70.7 Å². The summed E-state index contributed by atoms with van der Waals surface area (Å²) in [5.41, 5.74) is 5.02. The predicted molar refractivity (Wildman–Crippen MR) is 120 cm³/mol. The lowest BCUT2D eigenvalue weighted by Crippen LogP contribution is -2.20. The quantitative estimate of drug-likeness (QED) is 0.555. The topological polar surface area (TPSA) is 29.5 Å². The molecular weight excluding hydrogens is 344 g/mol. The number of ether oxygens (including phenoxy) is 1. The maximum Gasteiger partial charge on any atom is 0.286 e. The van der Waals surface area contributed by atoms with Crippen molar-refractivity contribution >= 4 is 5.57 Å². The Morgan fingerprint density at radius 1 is 0.857 bits per heavy atom. The molecule has 0 atom stereocenters. The number of rotatable bonds is 4. The molecule has 2 nitrogen and oxygen atoms in total. The van der Waals surface area contributed by atoms with E-state index in [1.165, 1.54) is 5.56 Å². The summed E-state index contributed by atoms with van der Waals surface area (Å²) in [5.74, 6) is 0.891. The van der Waals surface area contributed by atoms with E-state index < -0.39 is 0 Å². The average molecular weight is 381 g/mol. The van der Waals surface area contributed by atoms with E-state index in [-0.39, 0.29) is 22.7 Å². The van der Waals surface area contributed by atoms with Gasteiger partial charge < -0.3 is 9.84 Å². The van der Waals surface area contributed by atoms with Crippen molar-refractivity contribution in [2.45, 2.75) is 73.1 Å². The first-order valence-electron chi connectivity index (χ1n) is 10.1. The normalized spacial score (nSPS) is 13.5. The number of aryl methyl sites for hydroxylation is 1. The van der Waals surface area contributed by atoms with Gasteiger partial charge in [0.2, 0.25) is 0 Å². The maximum atomic E-state index is 11.1. The van der Waals surface area contributed by atoms with Crippen molar-refractivity contribution in [2.75, 3.05) is 0 Å². The zero-order valence-corrected chi connectivity index (χ0v) is 19.0. The molecule has 0 amide bonds. The van der Waals surface area contributed by atoms with Gasteiger partial charge in [-0.3, -0.25) is 0 Å². The van der Waals surface area contributed by atoms with E-state index in [2.05, 4.69) is 74.4 Å². The molecule has 0 aliphatic heterocycles. The zero-order valence-electron chi connectivity index (χ0n) is 19.0. The van der Waals surface area contributed by atoms with Crippen molar-refractivity contribution < 1.29 is 9.84 Å². The Hall–Kier alpha value is -2.22. The second-order valence-corrected chi connectivity index (χ2v) is 10.0. The molecule has 2 aromatic rings. The standard InChI is InChI=1S/C26H36O2/c1-17(2)22(19-13-11-10-12-14-19)24(27)28-23-20(25(4,5)6)15-18(3)16-21(23)26(7,8)9/h10-17,27H,1-9H3/b24-22+. The molecule has 0 bridgehead atoms. The summed E-state index contributed by atoms with van der Waals surface area (Å²) >= 11 is 0. The fourth-order valence-electron chi connectivity index (χ4n) is 3.47. The Labute approximate surface area is 171 Å². The third-order valence-electron chi connectivity index (χ3n) is 4.94. The van der Waals surface area contributed by atoms with Gasteiger partial charge in [0.25, 0.3) is 5.95 Å². The summed E-state index contributed by atoms with van der Waals surface area (Å²) in [6.45, 7) is 19.4. The summed E-state index contributed by atoms with van der Waals surface area (Å²) in [4.78, 5) is 0. The zero-order chi connectivity index (χ0) is 21.3. The lowest BCUT2D eigenvalue weighted by atomic mass is 9.78. The monoisotopic (exact) mass is 380 g/mol. The van der Waals surface area contributed by atoms with Crippen LogP contribution in [0, 0.1) is 12.8 Å². The molecule has 0 radical (unpaired) electrons. The Morgan fingerprint density at radius 2 is 1.32 bits per heavy atom. The molecule has 1 N–H and O–H groups in total. The van der Waals surface area contributed by atoms with E-state index in [1.807, 2.05) is 30.3 Å². The van der Waals surface area contributed by atoms with Crippen molar-refractivity contribution in [2.24, 2.45) is 5.92 Å². The van der Waals surface area contributed by atoms with Gasteiger partial charge >= 0.3 is 0 Å². The predicted octanol–water partition coefficient (Wildman–Crippen LogP) is 7.55. The molecule has 0 heterocycles. The summed E-state index contributed by atoms with van der Waals surface area (Å²) in [6, 6.07) is 14.3. The SMILES string of the molecule is Cc1cc(C(C)(C)C)c(O/C(O)=C(/c2ccccc2)C(C)C)c(C(C)(C)C)c1. The number of hydrogen-bond donors (Lipinski definition) is 1. The van der Waals surface area contributed by atoms with Gasteiger partial charge in [-0.2, -0.15) is 0 Å². The van der Waals surface area contributed by atoms with Crippen molar-refractivity contribution in [3.8, 4) is 5.75 Å². The van der Waals surface area contributed by atoms with E-state index in [4.69, 9.17) is 4.74 Å². The molecule has 2 heteroatoms. The van der Waals surface area contributed by atoms with Crippen LogP contribution in [0.2, 0.25) is 0 Å². The largest absolute Gasteiger partial charge is 0.480 e. The summed E-state index contributed by atoms with van der Waals surface area (Å²) in [5, 5.41) is 11.1. The molecule has 2 aromatic carbocycles. The summed E-state index contributed by atoms with van der Waals surface area (Å²) in [7, 11) is 0. The maximum absolute atomic E-state index is 11.1. The molecule has 0 saturated carbocycles. The number of allylic oxidation sites excluding steroid dienone is 1. The van der Waals surface area contributed by atoms with Crippen molar-refractivity contribution in [3.63, 3.8) is 0 Å². The summed E-state index contributed by atoms with van der Waals surface area (Å²) < 4.78 is 6.30. The van der Waals surface area contributed by atoms with Crippen LogP contribution in [-0.2, 0) is 10.8 Å². The Kier molecular flexibility index (Phi) is 6.33.